The molecule has 1 fully saturated rings. The molecular formula is C23H30N4O. The highest BCUT2D eigenvalue weighted by Crippen LogP contribution is 2.26. The van der Waals surface area contributed by atoms with E-state index in [4.69, 9.17) is 4.98 Å². The van der Waals surface area contributed by atoms with Crippen LogP contribution in [0.2, 0.25) is 0 Å². The van der Waals surface area contributed by atoms with E-state index in [0.29, 0.717) is 12.5 Å². The Hall–Kier alpha value is -2.43. The van der Waals surface area contributed by atoms with E-state index < -0.39 is 0 Å². The highest BCUT2D eigenvalue weighted by Gasteiger charge is 2.27. The van der Waals surface area contributed by atoms with Crippen molar-refractivity contribution < 1.29 is 4.79 Å². The number of carbonyl (C=O) groups excluding carboxylic acids is 1. The molecule has 0 bridgehead atoms. The van der Waals surface area contributed by atoms with Gasteiger partial charge in [-0.15, -0.1) is 0 Å². The highest BCUT2D eigenvalue weighted by atomic mass is 16.1. The van der Waals surface area contributed by atoms with Gasteiger partial charge in [0.25, 0.3) is 0 Å². The van der Waals surface area contributed by atoms with Crippen molar-refractivity contribution in [1.82, 2.24) is 15.3 Å². The van der Waals surface area contributed by atoms with E-state index in [0.717, 1.165) is 55.1 Å². The van der Waals surface area contributed by atoms with E-state index in [9.17, 15) is 4.79 Å². The molecule has 1 aromatic heterocycles. The number of fused-ring (bicyclic) bond motifs is 1. The molecule has 1 aliphatic carbocycles. The van der Waals surface area contributed by atoms with Crippen molar-refractivity contribution >= 4 is 11.9 Å². The van der Waals surface area contributed by atoms with Gasteiger partial charge < -0.3 is 10.2 Å². The van der Waals surface area contributed by atoms with E-state index in [1.807, 2.05) is 6.20 Å². The number of amides is 1. The molecule has 1 amide bonds. The minimum Gasteiger partial charge on any atom is -0.352 e. The Morgan fingerprint density at radius 1 is 1.21 bits per heavy atom. The predicted molar refractivity (Wildman–Crippen MR) is 111 cm³/mol. The summed E-state index contributed by atoms with van der Waals surface area (Å²) in [6, 6.07) is 8.52. The summed E-state index contributed by atoms with van der Waals surface area (Å²) < 4.78 is 0. The summed E-state index contributed by atoms with van der Waals surface area (Å²) in [6.07, 6.45) is 6.86. The lowest BCUT2D eigenvalue weighted by atomic mass is 9.86. The van der Waals surface area contributed by atoms with Crippen LogP contribution >= 0.6 is 0 Å². The summed E-state index contributed by atoms with van der Waals surface area (Å²) in [7, 11) is 0. The molecule has 1 aliphatic heterocycles. The Balaban J connectivity index is 1.34. The van der Waals surface area contributed by atoms with E-state index >= 15 is 0 Å². The first-order valence-electron chi connectivity index (χ1n) is 10.6. The first-order chi connectivity index (χ1) is 13.6. The lowest BCUT2D eigenvalue weighted by molar-refractivity contribution is -0.125. The largest absolute Gasteiger partial charge is 0.352 e. The molecule has 28 heavy (non-hydrogen) atoms. The number of hydrogen-bond donors (Lipinski definition) is 1. The third-order valence-corrected chi connectivity index (χ3v) is 6.01. The molecule has 148 valence electrons. The van der Waals surface area contributed by atoms with Crippen molar-refractivity contribution in [1.29, 1.82) is 0 Å². The molecule has 0 saturated carbocycles. The molecule has 1 N–H and O–H groups in total. The van der Waals surface area contributed by atoms with Crippen LogP contribution in [0.4, 0.5) is 5.95 Å². The van der Waals surface area contributed by atoms with Gasteiger partial charge in [-0.3, -0.25) is 4.79 Å². The van der Waals surface area contributed by atoms with Gasteiger partial charge in [-0.2, -0.15) is 0 Å². The lowest BCUT2D eigenvalue weighted by Crippen LogP contribution is -2.34. The van der Waals surface area contributed by atoms with Crippen molar-refractivity contribution in [3.05, 3.63) is 52.8 Å². The topological polar surface area (TPSA) is 58.1 Å². The average molecular weight is 379 g/mol. The fourth-order valence-corrected chi connectivity index (χ4v) is 4.14. The first kappa shape index (κ1) is 18.9. The molecule has 1 aromatic carbocycles. The quantitative estimate of drug-likeness (QED) is 0.863. The SMILES string of the molecule is CC(C)c1ccc(CNC(=O)C2CCc3nc(N4CCCC4)ncc3C2)cc1. The van der Waals surface area contributed by atoms with Gasteiger partial charge >= 0.3 is 0 Å². The highest BCUT2D eigenvalue weighted by molar-refractivity contribution is 5.79. The zero-order valence-electron chi connectivity index (χ0n) is 16.9. The van der Waals surface area contributed by atoms with Gasteiger partial charge in [-0.25, -0.2) is 9.97 Å². The van der Waals surface area contributed by atoms with Crippen LogP contribution in [-0.2, 0) is 24.2 Å². The number of anilines is 1. The van der Waals surface area contributed by atoms with Gasteiger partial charge in [-0.05, 0) is 54.7 Å². The Kier molecular flexibility index (Phi) is 5.60. The number of carbonyl (C=O) groups is 1. The number of aryl methyl sites for hydroxylation is 1. The maximum atomic E-state index is 12.7. The predicted octanol–water partition coefficient (Wildman–Crippen LogP) is 3.62. The summed E-state index contributed by atoms with van der Waals surface area (Å²) in [5, 5.41) is 3.12. The van der Waals surface area contributed by atoms with Gasteiger partial charge in [0.05, 0.1) is 0 Å². The van der Waals surface area contributed by atoms with Crippen molar-refractivity contribution in [3.63, 3.8) is 0 Å². The summed E-state index contributed by atoms with van der Waals surface area (Å²) in [4.78, 5) is 24.3. The summed E-state index contributed by atoms with van der Waals surface area (Å²) in [5.74, 6) is 1.55. The minimum absolute atomic E-state index is 0.0173. The maximum Gasteiger partial charge on any atom is 0.225 e. The van der Waals surface area contributed by atoms with Crippen LogP contribution in [0.1, 0.15) is 61.4 Å². The Morgan fingerprint density at radius 3 is 2.68 bits per heavy atom. The Labute approximate surface area is 167 Å². The number of nitrogens with one attached hydrogen (secondary N) is 1. The number of aromatic nitrogens is 2. The fourth-order valence-electron chi connectivity index (χ4n) is 4.14. The first-order valence-corrected chi connectivity index (χ1v) is 10.6. The maximum absolute atomic E-state index is 12.7. The molecule has 2 aliphatic rings. The molecule has 5 heteroatoms. The summed E-state index contributed by atoms with van der Waals surface area (Å²) in [6.45, 7) is 7.08. The molecule has 1 saturated heterocycles. The van der Waals surface area contributed by atoms with Crippen molar-refractivity contribution in [2.24, 2.45) is 5.92 Å². The van der Waals surface area contributed by atoms with E-state index in [1.165, 1.54) is 18.4 Å². The second kappa shape index (κ2) is 8.29. The monoisotopic (exact) mass is 378 g/mol. The Bertz CT molecular complexity index is 825. The van der Waals surface area contributed by atoms with E-state index in [-0.39, 0.29) is 11.8 Å². The van der Waals surface area contributed by atoms with Crippen molar-refractivity contribution in [2.75, 3.05) is 18.0 Å². The number of hydrogen-bond acceptors (Lipinski definition) is 4. The molecule has 4 rings (SSSR count). The van der Waals surface area contributed by atoms with Gasteiger partial charge in [0.15, 0.2) is 0 Å². The molecule has 1 unspecified atom stereocenters. The van der Waals surface area contributed by atoms with Crippen LogP contribution in [0.3, 0.4) is 0 Å². The van der Waals surface area contributed by atoms with Crippen LogP contribution in [-0.4, -0.2) is 29.0 Å². The van der Waals surface area contributed by atoms with E-state index in [1.54, 1.807) is 0 Å². The van der Waals surface area contributed by atoms with Crippen molar-refractivity contribution in [3.8, 4) is 0 Å². The normalized spacial score (nSPS) is 19.0. The molecule has 5 nitrogen and oxygen atoms in total. The lowest BCUT2D eigenvalue weighted by Gasteiger charge is -2.24. The van der Waals surface area contributed by atoms with Crippen LogP contribution < -0.4 is 10.2 Å². The number of rotatable bonds is 5. The van der Waals surface area contributed by atoms with Crippen LogP contribution in [0.5, 0.6) is 0 Å². The number of benzene rings is 1. The van der Waals surface area contributed by atoms with Crippen LogP contribution in [0.25, 0.3) is 0 Å². The molecule has 0 spiro atoms. The van der Waals surface area contributed by atoms with Gasteiger partial charge in [0.1, 0.15) is 0 Å². The van der Waals surface area contributed by atoms with Crippen LogP contribution in [0.15, 0.2) is 30.5 Å². The smallest absolute Gasteiger partial charge is 0.225 e. The molecule has 2 heterocycles. The third kappa shape index (κ3) is 4.18. The second-order valence-corrected chi connectivity index (χ2v) is 8.39. The molecule has 0 radical (unpaired) electrons. The average Bonchev–Trinajstić information content (AvgIpc) is 3.26. The second-order valence-electron chi connectivity index (χ2n) is 8.39. The van der Waals surface area contributed by atoms with Gasteiger partial charge in [0, 0.05) is 37.4 Å². The standard InChI is InChI=1S/C23H30N4O/c1-16(2)18-7-5-17(6-8-18)14-24-22(28)19-9-10-21-20(13-19)15-25-23(26-21)27-11-3-4-12-27/h5-8,15-16,19H,3-4,9-14H2,1-2H3,(H,24,28). The van der Waals surface area contributed by atoms with E-state index in [2.05, 4.69) is 53.3 Å². The summed E-state index contributed by atoms with van der Waals surface area (Å²) >= 11 is 0. The zero-order valence-corrected chi connectivity index (χ0v) is 16.9. The third-order valence-electron chi connectivity index (χ3n) is 6.01. The summed E-state index contributed by atoms with van der Waals surface area (Å²) in [5.41, 5.74) is 4.74. The Morgan fingerprint density at radius 2 is 1.96 bits per heavy atom. The molecule has 2 aromatic rings. The van der Waals surface area contributed by atoms with Crippen LogP contribution in [0, 0.1) is 5.92 Å². The molecule has 1 atom stereocenters. The van der Waals surface area contributed by atoms with Gasteiger partial charge in [-0.1, -0.05) is 38.1 Å². The van der Waals surface area contributed by atoms with Gasteiger partial charge in [0.2, 0.25) is 11.9 Å². The zero-order chi connectivity index (χ0) is 19.5. The van der Waals surface area contributed by atoms with Crippen molar-refractivity contribution in [2.45, 2.75) is 58.4 Å². The minimum atomic E-state index is 0.0173. The fraction of sp³-hybridized carbons (Fsp3) is 0.522. The molecular weight excluding hydrogens is 348 g/mol. The number of nitrogens with zero attached hydrogens (tertiary/aromatic N) is 3.